The van der Waals surface area contributed by atoms with E-state index < -0.39 is 5.91 Å². The number of nitrogens with zero attached hydrogens (tertiary/aromatic N) is 1. The summed E-state index contributed by atoms with van der Waals surface area (Å²) in [6.07, 6.45) is 1.39. The lowest BCUT2D eigenvalue weighted by Crippen LogP contribution is -2.16. The van der Waals surface area contributed by atoms with Gasteiger partial charge < -0.3 is 11.5 Å². The summed E-state index contributed by atoms with van der Waals surface area (Å²) in [5, 5.41) is 0.387. The molecule has 0 saturated heterocycles. The van der Waals surface area contributed by atoms with E-state index in [1.54, 1.807) is 6.92 Å². The molecule has 12 heavy (non-hydrogen) atoms. The second kappa shape index (κ2) is 2.98. The van der Waals surface area contributed by atoms with Crippen molar-refractivity contribution in [2.45, 2.75) is 6.92 Å². The Bertz CT molecular complexity index is 338. The number of anilines is 1. The van der Waals surface area contributed by atoms with Gasteiger partial charge in [-0.25, -0.2) is 4.98 Å². The standard InChI is InChI=1S/C7H8ClN3O/c1-3-4(8)2-11-6(9)5(3)7(10)12/h2H,1H3,(H2,9,11)(H2,10,12). The maximum absolute atomic E-state index is 10.8. The van der Waals surface area contributed by atoms with E-state index in [2.05, 4.69) is 4.98 Å². The molecule has 0 aromatic carbocycles. The van der Waals surface area contributed by atoms with Gasteiger partial charge in [-0.3, -0.25) is 4.79 Å². The molecule has 0 aliphatic heterocycles. The van der Waals surface area contributed by atoms with Crippen LogP contribution in [0.2, 0.25) is 5.02 Å². The predicted molar refractivity (Wildman–Crippen MR) is 46.9 cm³/mol. The van der Waals surface area contributed by atoms with Gasteiger partial charge in [0.05, 0.1) is 10.6 Å². The summed E-state index contributed by atoms with van der Waals surface area (Å²) < 4.78 is 0. The molecule has 4 N–H and O–H groups in total. The molecule has 4 nitrogen and oxygen atoms in total. The molecule has 0 atom stereocenters. The highest BCUT2D eigenvalue weighted by atomic mass is 35.5. The Balaban J connectivity index is 3.43. The van der Waals surface area contributed by atoms with Crippen LogP contribution in [-0.2, 0) is 0 Å². The van der Waals surface area contributed by atoms with Gasteiger partial charge >= 0.3 is 0 Å². The van der Waals surface area contributed by atoms with Crippen molar-refractivity contribution < 1.29 is 4.79 Å². The molecule has 1 rings (SSSR count). The smallest absolute Gasteiger partial charge is 0.252 e. The zero-order chi connectivity index (χ0) is 9.30. The van der Waals surface area contributed by atoms with Gasteiger partial charge in [-0.15, -0.1) is 0 Å². The molecule has 0 radical (unpaired) electrons. The van der Waals surface area contributed by atoms with Crippen molar-refractivity contribution in [3.63, 3.8) is 0 Å². The monoisotopic (exact) mass is 185 g/mol. The number of carbonyl (C=O) groups is 1. The zero-order valence-electron chi connectivity index (χ0n) is 6.47. The van der Waals surface area contributed by atoms with Gasteiger partial charge in [0, 0.05) is 6.20 Å². The highest BCUT2D eigenvalue weighted by Gasteiger charge is 2.12. The zero-order valence-corrected chi connectivity index (χ0v) is 7.22. The first-order valence-corrected chi connectivity index (χ1v) is 3.62. The fourth-order valence-electron chi connectivity index (χ4n) is 0.910. The highest BCUT2D eigenvalue weighted by Crippen LogP contribution is 2.21. The number of rotatable bonds is 1. The molecule has 0 bridgehead atoms. The first-order chi connectivity index (χ1) is 5.54. The van der Waals surface area contributed by atoms with Gasteiger partial charge in [-0.1, -0.05) is 11.6 Å². The first-order valence-electron chi connectivity index (χ1n) is 3.24. The second-order valence-electron chi connectivity index (χ2n) is 2.36. The number of amides is 1. The molecule has 1 aromatic heterocycles. The van der Waals surface area contributed by atoms with Crippen LogP contribution in [0.1, 0.15) is 15.9 Å². The molecule has 1 amide bonds. The van der Waals surface area contributed by atoms with Crippen molar-refractivity contribution in [1.82, 2.24) is 4.98 Å². The van der Waals surface area contributed by atoms with Gasteiger partial charge in [0.15, 0.2) is 0 Å². The van der Waals surface area contributed by atoms with Crippen LogP contribution in [-0.4, -0.2) is 10.9 Å². The summed E-state index contributed by atoms with van der Waals surface area (Å²) in [6, 6.07) is 0. The topological polar surface area (TPSA) is 82.0 Å². The number of primary amides is 1. The third-order valence-corrected chi connectivity index (χ3v) is 1.93. The van der Waals surface area contributed by atoms with Crippen molar-refractivity contribution in [1.29, 1.82) is 0 Å². The van der Waals surface area contributed by atoms with Crippen molar-refractivity contribution >= 4 is 23.3 Å². The molecule has 5 heteroatoms. The van der Waals surface area contributed by atoms with Crippen molar-refractivity contribution in [3.05, 3.63) is 22.3 Å². The van der Waals surface area contributed by atoms with E-state index in [1.165, 1.54) is 6.20 Å². The van der Waals surface area contributed by atoms with E-state index in [9.17, 15) is 4.79 Å². The van der Waals surface area contributed by atoms with Crippen LogP contribution >= 0.6 is 11.6 Å². The third-order valence-electron chi connectivity index (χ3n) is 1.55. The van der Waals surface area contributed by atoms with E-state index in [0.717, 1.165) is 0 Å². The average Bonchev–Trinajstić information content (AvgIpc) is 1.97. The molecule has 0 unspecified atom stereocenters. The van der Waals surface area contributed by atoms with E-state index in [4.69, 9.17) is 23.1 Å². The molecular weight excluding hydrogens is 178 g/mol. The fraction of sp³-hybridized carbons (Fsp3) is 0.143. The summed E-state index contributed by atoms with van der Waals surface area (Å²) >= 11 is 5.70. The molecule has 1 aromatic rings. The summed E-state index contributed by atoms with van der Waals surface area (Å²) in [5.41, 5.74) is 11.3. The largest absolute Gasteiger partial charge is 0.383 e. The van der Waals surface area contributed by atoms with E-state index >= 15 is 0 Å². The third kappa shape index (κ3) is 1.33. The van der Waals surface area contributed by atoms with Crippen LogP contribution in [0.15, 0.2) is 6.20 Å². The minimum absolute atomic E-state index is 0.115. The minimum atomic E-state index is -0.611. The van der Waals surface area contributed by atoms with Crippen LogP contribution in [0.25, 0.3) is 0 Å². The number of carbonyl (C=O) groups excluding carboxylic acids is 1. The number of aromatic nitrogens is 1. The number of hydrogen-bond donors (Lipinski definition) is 2. The lowest BCUT2D eigenvalue weighted by atomic mass is 10.1. The van der Waals surface area contributed by atoms with Crippen LogP contribution in [0.5, 0.6) is 0 Å². The summed E-state index contributed by atoms with van der Waals surface area (Å²) in [5.74, 6) is -0.496. The van der Waals surface area contributed by atoms with Crippen molar-refractivity contribution in [3.8, 4) is 0 Å². The van der Waals surface area contributed by atoms with E-state index in [1.807, 2.05) is 0 Å². The number of halogens is 1. The predicted octanol–water partition coefficient (Wildman–Crippen LogP) is 0.725. The first kappa shape index (κ1) is 8.80. The molecule has 0 saturated carbocycles. The number of pyridine rings is 1. The summed E-state index contributed by atoms with van der Waals surface area (Å²) in [7, 11) is 0. The minimum Gasteiger partial charge on any atom is -0.383 e. The van der Waals surface area contributed by atoms with Gasteiger partial charge in [-0.2, -0.15) is 0 Å². The number of nitrogen functional groups attached to an aromatic ring is 1. The summed E-state index contributed by atoms with van der Waals surface area (Å²) in [6.45, 7) is 1.67. The average molecular weight is 186 g/mol. The van der Waals surface area contributed by atoms with Gasteiger partial charge in [0.2, 0.25) is 0 Å². The lowest BCUT2D eigenvalue weighted by molar-refractivity contribution is 0.100. The van der Waals surface area contributed by atoms with Crippen molar-refractivity contribution in [2.75, 3.05) is 5.73 Å². The second-order valence-corrected chi connectivity index (χ2v) is 2.76. The quantitative estimate of drug-likeness (QED) is 0.677. The fourth-order valence-corrected chi connectivity index (χ4v) is 1.05. The molecule has 0 aliphatic rings. The van der Waals surface area contributed by atoms with Crippen LogP contribution in [0.4, 0.5) is 5.82 Å². The number of hydrogen-bond acceptors (Lipinski definition) is 3. The van der Waals surface area contributed by atoms with Gasteiger partial charge in [0.1, 0.15) is 5.82 Å². The van der Waals surface area contributed by atoms with Gasteiger partial charge in [0.25, 0.3) is 5.91 Å². The van der Waals surface area contributed by atoms with Crippen LogP contribution in [0, 0.1) is 6.92 Å². The molecular formula is C7H8ClN3O. The Morgan fingerprint density at radius 2 is 2.25 bits per heavy atom. The number of nitrogens with two attached hydrogens (primary N) is 2. The Labute approximate surface area is 74.5 Å². The lowest BCUT2D eigenvalue weighted by Gasteiger charge is -2.05. The molecule has 0 aliphatic carbocycles. The Morgan fingerprint density at radius 1 is 1.67 bits per heavy atom. The molecule has 64 valence electrons. The van der Waals surface area contributed by atoms with Gasteiger partial charge in [-0.05, 0) is 12.5 Å². The van der Waals surface area contributed by atoms with Crippen molar-refractivity contribution in [2.24, 2.45) is 5.73 Å². The maximum Gasteiger partial charge on any atom is 0.252 e. The SMILES string of the molecule is Cc1c(Cl)cnc(N)c1C(N)=O. The van der Waals surface area contributed by atoms with Crippen LogP contribution < -0.4 is 11.5 Å². The Kier molecular flexibility index (Phi) is 2.19. The van der Waals surface area contributed by atoms with E-state index in [-0.39, 0.29) is 11.4 Å². The summed E-state index contributed by atoms with van der Waals surface area (Å²) in [4.78, 5) is 14.5. The Morgan fingerprint density at radius 3 is 2.67 bits per heavy atom. The normalized spacial score (nSPS) is 9.83. The highest BCUT2D eigenvalue weighted by molar-refractivity contribution is 6.31. The Hall–Kier alpha value is -1.29. The molecule has 0 spiro atoms. The maximum atomic E-state index is 10.8. The molecule has 1 heterocycles. The van der Waals surface area contributed by atoms with Crippen LogP contribution in [0.3, 0.4) is 0 Å². The van der Waals surface area contributed by atoms with E-state index in [0.29, 0.717) is 10.6 Å². The molecule has 0 fully saturated rings.